The molecule has 1 heterocycles. The van der Waals surface area contributed by atoms with Crippen molar-refractivity contribution < 1.29 is 9.90 Å². The SMILES string of the molecule is N[C@@H](Cc1c[nH]c2c(-c3cccc(-c4ccccc4)c3)cccc12)C(=O)O. The highest BCUT2D eigenvalue weighted by molar-refractivity contribution is 5.97. The number of hydrogen-bond acceptors (Lipinski definition) is 2. The Morgan fingerprint density at radius 1 is 0.926 bits per heavy atom. The predicted molar refractivity (Wildman–Crippen MR) is 108 cm³/mol. The number of carboxylic acids is 1. The Morgan fingerprint density at radius 2 is 1.63 bits per heavy atom. The van der Waals surface area contributed by atoms with Crippen molar-refractivity contribution in [1.82, 2.24) is 4.98 Å². The molecule has 3 aromatic carbocycles. The largest absolute Gasteiger partial charge is 0.480 e. The van der Waals surface area contributed by atoms with Gasteiger partial charge in [0.05, 0.1) is 5.52 Å². The summed E-state index contributed by atoms with van der Waals surface area (Å²) in [4.78, 5) is 14.4. The zero-order chi connectivity index (χ0) is 18.8. The van der Waals surface area contributed by atoms with E-state index in [0.29, 0.717) is 6.42 Å². The molecular weight excluding hydrogens is 336 g/mol. The molecule has 0 saturated carbocycles. The van der Waals surface area contributed by atoms with Gasteiger partial charge in [0.15, 0.2) is 0 Å². The number of nitrogens with two attached hydrogens (primary N) is 1. The maximum atomic E-state index is 11.1. The molecule has 4 nitrogen and oxygen atoms in total. The predicted octanol–water partition coefficient (Wildman–Crippen LogP) is 4.46. The Hall–Kier alpha value is -3.37. The molecule has 4 N–H and O–H groups in total. The first-order valence-corrected chi connectivity index (χ1v) is 8.86. The smallest absolute Gasteiger partial charge is 0.320 e. The Balaban J connectivity index is 1.77. The van der Waals surface area contributed by atoms with Crippen LogP contribution in [0.4, 0.5) is 0 Å². The van der Waals surface area contributed by atoms with E-state index in [1.807, 2.05) is 36.5 Å². The van der Waals surface area contributed by atoms with Gasteiger partial charge in [-0.3, -0.25) is 4.79 Å². The quantitative estimate of drug-likeness (QED) is 0.494. The lowest BCUT2D eigenvalue weighted by atomic mass is 9.96. The number of nitrogens with one attached hydrogen (secondary N) is 1. The van der Waals surface area contributed by atoms with Crippen LogP contribution >= 0.6 is 0 Å². The van der Waals surface area contributed by atoms with Crippen molar-refractivity contribution in [1.29, 1.82) is 0 Å². The molecule has 4 aromatic rings. The molecular formula is C23H20N2O2. The lowest BCUT2D eigenvalue weighted by molar-refractivity contribution is -0.138. The zero-order valence-corrected chi connectivity index (χ0v) is 14.7. The molecule has 0 aliphatic heterocycles. The molecule has 0 bridgehead atoms. The molecule has 4 heteroatoms. The molecule has 0 amide bonds. The van der Waals surface area contributed by atoms with E-state index in [9.17, 15) is 4.79 Å². The van der Waals surface area contributed by atoms with Crippen molar-refractivity contribution in [3.63, 3.8) is 0 Å². The molecule has 0 radical (unpaired) electrons. The number of fused-ring (bicyclic) bond motifs is 1. The molecule has 134 valence electrons. The minimum Gasteiger partial charge on any atom is -0.480 e. The Morgan fingerprint density at radius 3 is 2.41 bits per heavy atom. The van der Waals surface area contributed by atoms with Gasteiger partial charge in [0.25, 0.3) is 0 Å². The first-order chi connectivity index (χ1) is 13.1. The molecule has 27 heavy (non-hydrogen) atoms. The van der Waals surface area contributed by atoms with E-state index >= 15 is 0 Å². The molecule has 0 aliphatic carbocycles. The van der Waals surface area contributed by atoms with Crippen molar-refractivity contribution in [3.8, 4) is 22.3 Å². The average molecular weight is 356 g/mol. The number of carbonyl (C=O) groups is 1. The number of aliphatic carboxylic acids is 1. The monoisotopic (exact) mass is 356 g/mol. The van der Waals surface area contributed by atoms with Gasteiger partial charge in [-0.1, -0.05) is 66.7 Å². The number of rotatable bonds is 5. The van der Waals surface area contributed by atoms with Gasteiger partial charge in [0.2, 0.25) is 0 Å². The number of carboxylic acid groups (broad SMARTS) is 1. The molecule has 0 spiro atoms. The fraction of sp³-hybridized carbons (Fsp3) is 0.0870. The fourth-order valence-corrected chi connectivity index (χ4v) is 3.44. The highest BCUT2D eigenvalue weighted by atomic mass is 16.4. The zero-order valence-electron chi connectivity index (χ0n) is 14.7. The molecule has 0 aliphatic rings. The van der Waals surface area contributed by atoms with Crippen molar-refractivity contribution in [3.05, 3.63) is 84.6 Å². The minimum absolute atomic E-state index is 0.294. The van der Waals surface area contributed by atoms with Gasteiger partial charge < -0.3 is 15.8 Å². The number of aromatic amines is 1. The number of benzene rings is 3. The lowest BCUT2D eigenvalue weighted by Crippen LogP contribution is -2.32. The van der Waals surface area contributed by atoms with E-state index in [4.69, 9.17) is 10.8 Å². The van der Waals surface area contributed by atoms with E-state index in [0.717, 1.165) is 33.2 Å². The Labute approximate surface area is 157 Å². The molecule has 0 saturated heterocycles. The molecule has 4 rings (SSSR count). The van der Waals surface area contributed by atoms with Crippen LogP contribution in [0.5, 0.6) is 0 Å². The first kappa shape index (κ1) is 17.1. The summed E-state index contributed by atoms with van der Waals surface area (Å²) in [6, 6.07) is 23.9. The average Bonchev–Trinajstić information content (AvgIpc) is 3.11. The second kappa shape index (κ2) is 7.09. The van der Waals surface area contributed by atoms with Gasteiger partial charge in [0.1, 0.15) is 6.04 Å². The normalized spacial score (nSPS) is 12.2. The van der Waals surface area contributed by atoms with Crippen molar-refractivity contribution in [2.75, 3.05) is 0 Å². The van der Waals surface area contributed by atoms with E-state index in [-0.39, 0.29) is 0 Å². The lowest BCUT2D eigenvalue weighted by Gasteiger charge is -2.08. The summed E-state index contributed by atoms with van der Waals surface area (Å²) < 4.78 is 0. The first-order valence-electron chi connectivity index (χ1n) is 8.86. The third-order valence-corrected chi connectivity index (χ3v) is 4.84. The van der Waals surface area contributed by atoms with Crippen LogP contribution < -0.4 is 5.73 Å². The van der Waals surface area contributed by atoms with E-state index in [2.05, 4.69) is 47.4 Å². The van der Waals surface area contributed by atoms with Crippen LogP contribution in [0.3, 0.4) is 0 Å². The maximum Gasteiger partial charge on any atom is 0.320 e. The maximum absolute atomic E-state index is 11.1. The van der Waals surface area contributed by atoms with Crippen LogP contribution in [0.2, 0.25) is 0 Å². The van der Waals surface area contributed by atoms with Gasteiger partial charge in [-0.05, 0) is 28.3 Å². The third-order valence-electron chi connectivity index (χ3n) is 4.84. The molecule has 0 unspecified atom stereocenters. The minimum atomic E-state index is -0.990. The standard InChI is InChI=1S/C23H20N2O2/c24-21(23(26)27)13-18-14-25-22-19(10-5-11-20(18)22)17-9-4-8-16(12-17)15-6-2-1-3-7-15/h1-12,14,21,25H,13,24H2,(H,26,27)/t21-/m0/s1. The second-order valence-corrected chi connectivity index (χ2v) is 6.64. The van der Waals surface area contributed by atoms with Gasteiger partial charge in [-0.25, -0.2) is 0 Å². The van der Waals surface area contributed by atoms with Crippen LogP contribution in [0.15, 0.2) is 79.0 Å². The number of para-hydroxylation sites is 1. The second-order valence-electron chi connectivity index (χ2n) is 6.64. The number of H-pyrrole nitrogens is 1. The molecule has 0 fully saturated rings. The van der Waals surface area contributed by atoms with Crippen LogP contribution in [0.25, 0.3) is 33.2 Å². The van der Waals surface area contributed by atoms with Crippen LogP contribution in [0.1, 0.15) is 5.56 Å². The van der Waals surface area contributed by atoms with Crippen molar-refractivity contribution in [2.45, 2.75) is 12.5 Å². The topological polar surface area (TPSA) is 79.1 Å². The number of hydrogen-bond donors (Lipinski definition) is 3. The summed E-state index contributed by atoms with van der Waals surface area (Å²) in [5.74, 6) is -0.990. The van der Waals surface area contributed by atoms with E-state index in [1.54, 1.807) is 0 Å². The van der Waals surface area contributed by atoms with Gasteiger partial charge in [-0.2, -0.15) is 0 Å². The van der Waals surface area contributed by atoms with E-state index in [1.165, 1.54) is 5.56 Å². The summed E-state index contributed by atoms with van der Waals surface area (Å²) in [6.07, 6.45) is 2.15. The van der Waals surface area contributed by atoms with Crippen molar-refractivity contribution in [2.24, 2.45) is 5.73 Å². The van der Waals surface area contributed by atoms with Crippen LogP contribution in [0, 0.1) is 0 Å². The molecule has 1 atom stereocenters. The highest BCUT2D eigenvalue weighted by Crippen LogP contribution is 2.32. The van der Waals surface area contributed by atoms with Gasteiger partial charge in [-0.15, -0.1) is 0 Å². The van der Waals surface area contributed by atoms with Crippen LogP contribution in [-0.4, -0.2) is 22.1 Å². The Bertz CT molecular complexity index is 1100. The summed E-state index contributed by atoms with van der Waals surface area (Å²) in [5, 5.41) is 10.1. The highest BCUT2D eigenvalue weighted by Gasteiger charge is 2.16. The van der Waals surface area contributed by atoms with Gasteiger partial charge in [0, 0.05) is 23.6 Å². The number of aromatic nitrogens is 1. The van der Waals surface area contributed by atoms with Gasteiger partial charge >= 0.3 is 5.97 Å². The Kier molecular flexibility index (Phi) is 4.48. The summed E-state index contributed by atoms with van der Waals surface area (Å²) in [5.41, 5.74) is 12.2. The third kappa shape index (κ3) is 3.35. The summed E-state index contributed by atoms with van der Waals surface area (Å²) in [6.45, 7) is 0. The van der Waals surface area contributed by atoms with Crippen LogP contribution in [-0.2, 0) is 11.2 Å². The summed E-state index contributed by atoms with van der Waals surface area (Å²) >= 11 is 0. The fourth-order valence-electron chi connectivity index (χ4n) is 3.44. The summed E-state index contributed by atoms with van der Waals surface area (Å²) in [7, 11) is 0. The van der Waals surface area contributed by atoms with E-state index < -0.39 is 12.0 Å². The van der Waals surface area contributed by atoms with Crippen molar-refractivity contribution >= 4 is 16.9 Å². The molecule has 1 aromatic heterocycles.